The second kappa shape index (κ2) is 12.0. The van der Waals surface area contributed by atoms with Gasteiger partial charge in [-0.25, -0.2) is 0 Å². The summed E-state index contributed by atoms with van der Waals surface area (Å²) in [4.78, 5) is 4.64. The van der Waals surface area contributed by atoms with Crippen molar-refractivity contribution in [2.45, 2.75) is 46.6 Å². The molecule has 0 bridgehead atoms. The first kappa shape index (κ1) is 19.2. The SMILES string of the molecule is CCNC(=NCC(CCO)CC(C)C)NC(C)COC. The zero-order valence-corrected chi connectivity index (χ0v) is 13.8. The molecule has 120 valence electrons. The van der Waals surface area contributed by atoms with Crippen molar-refractivity contribution in [3.63, 3.8) is 0 Å². The standard InChI is InChI=1S/C15H33N3O2/c1-6-16-15(18-13(4)11-20-5)17-10-14(7-8-19)9-12(2)3/h12-14,19H,6-11H2,1-5H3,(H2,16,17,18). The highest BCUT2D eigenvalue weighted by Gasteiger charge is 2.11. The highest BCUT2D eigenvalue weighted by atomic mass is 16.5. The molecular formula is C15H33N3O2. The Morgan fingerprint density at radius 1 is 1.30 bits per heavy atom. The Morgan fingerprint density at radius 2 is 2.00 bits per heavy atom. The Balaban J connectivity index is 4.46. The first-order chi connectivity index (χ1) is 9.53. The van der Waals surface area contributed by atoms with Crippen LogP contribution in [0.1, 0.15) is 40.5 Å². The van der Waals surface area contributed by atoms with Crippen molar-refractivity contribution in [3.8, 4) is 0 Å². The fraction of sp³-hybridized carbons (Fsp3) is 0.933. The van der Waals surface area contributed by atoms with Gasteiger partial charge in [0.05, 0.1) is 6.61 Å². The highest BCUT2D eigenvalue weighted by molar-refractivity contribution is 5.80. The molecule has 2 unspecified atom stereocenters. The summed E-state index contributed by atoms with van der Waals surface area (Å²) < 4.78 is 5.12. The third-order valence-electron chi connectivity index (χ3n) is 2.99. The first-order valence-corrected chi connectivity index (χ1v) is 7.68. The summed E-state index contributed by atoms with van der Waals surface area (Å²) in [5, 5.41) is 15.7. The molecule has 0 fully saturated rings. The van der Waals surface area contributed by atoms with E-state index in [4.69, 9.17) is 9.84 Å². The summed E-state index contributed by atoms with van der Waals surface area (Å²) in [7, 11) is 1.70. The molecule has 0 aliphatic rings. The van der Waals surface area contributed by atoms with Crippen LogP contribution in [-0.4, -0.2) is 50.5 Å². The predicted octanol–water partition coefficient (Wildman–Crippen LogP) is 1.62. The number of aliphatic hydroxyl groups excluding tert-OH is 1. The summed E-state index contributed by atoms with van der Waals surface area (Å²) in [6, 6.07) is 0.221. The summed E-state index contributed by atoms with van der Waals surface area (Å²) in [5.41, 5.74) is 0. The number of ether oxygens (including phenoxy) is 1. The lowest BCUT2D eigenvalue weighted by Crippen LogP contribution is -2.44. The zero-order chi connectivity index (χ0) is 15.4. The summed E-state index contributed by atoms with van der Waals surface area (Å²) in [6.45, 7) is 11.0. The van der Waals surface area contributed by atoms with Crippen LogP contribution in [0.5, 0.6) is 0 Å². The molecule has 0 radical (unpaired) electrons. The molecule has 0 spiro atoms. The number of nitrogens with zero attached hydrogens (tertiary/aromatic N) is 1. The van der Waals surface area contributed by atoms with Gasteiger partial charge in [-0.2, -0.15) is 0 Å². The molecule has 0 heterocycles. The van der Waals surface area contributed by atoms with E-state index in [0.717, 1.165) is 31.9 Å². The summed E-state index contributed by atoms with van der Waals surface area (Å²) in [5.74, 6) is 1.89. The van der Waals surface area contributed by atoms with E-state index in [1.165, 1.54) is 0 Å². The zero-order valence-electron chi connectivity index (χ0n) is 13.8. The monoisotopic (exact) mass is 287 g/mol. The molecule has 0 aromatic carbocycles. The average molecular weight is 287 g/mol. The van der Waals surface area contributed by atoms with Gasteiger partial charge in [0.15, 0.2) is 5.96 Å². The maximum absolute atomic E-state index is 9.14. The van der Waals surface area contributed by atoms with Gasteiger partial charge in [0.2, 0.25) is 0 Å². The van der Waals surface area contributed by atoms with Gasteiger partial charge in [0.1, 0.15) is 0 Å². The quantitative estimate of drug-likeness (QED) is 0.422. The molecule has 0 aromatic rings. The van der Waals surface area contributed by atoms with E-state index in [1.54, 1.807) is 7.11 Å². The normalized spacial score (nSPS) is 15.2. The molecule has 5 nitrogen and oxygen atoms in total. The summed E-state index contributed by atoms with van der Waals surface area (Å²) >= 11 is 0. The van der Waals surface area contributed by atoms with Gasteiger partial charge in [-0.05, 0) is 38.5 Å². The van der Waals surface area contributed by atoms with E-state index >= 15 is 0 Å². The van der Waals surface area contributed by atoms with Crippen LogP contribution in [-0.2, 0) is 4.74 Å². The molecule has 0 aliphatic heterocycles. The molecule has 0 amide bonds. The Kier molecular flexibility index (Phi) is 11.5. The topological polar surface area (TPSA) is 65.9 Å². The van der Waals surface area contributed by atoms with Crippen LogP contribution >= 0.6 is 0 Å². The van der Waals surface area contributed by atoms with Gasteiger partial charge in [0.25, 0.3) is 0 Å². The maximum atomic E-state index is 9.14. The van der Waals surface area contributed by atoms with Gasteiger partial charge in [-0.15, -0.1) is 0 Å². The minimum Gasteiger partial charge on any atom is -0.396 e. The van der Waals surface area contributed by atoms with Crippen molar-refractivity contribution in [2.24, 2.45) is 16.8 Å². The van der Waals surface area contributed by atoms with E-state index in [0.29, 0.717) is 18.4 Å². The Morgan fingerprint density at radius 3 is 2.50 bits per heavy atom. The molecule has 0 aliphatic carbocycles. The lowest BCUT2D eigenvalue weighted by molar-refractivity contribution is 0.179. The Bertz CT molecular complexity index is 258. The Hall–Kier alpha value is -0.810. The van der Waals surface area contributed by atoms with E-state index in [-0.39, 0.29) is 12.6 Å². The number of nitrogens with one attached hydrogen (secondary N) is 2. The molecule has 0 aromatic heterocycles. The Labute approximate surface area is 124 Å². The average Bonchev–Trinajstić information content (AvgIpc) is 2.36. The van der Waals surface area contributed by atoms with Crippen LogP contribution in [0, 0.1) is 11.8 Å². The van der Waals surface area contributed by atoms with Crippen LogP contribution in [0.2, 0.25) is 0 Å². The number of hydrogen-bond acceptors (Lipinski definition) is 3. The van der Waals surface area contributed by atoms with Crippen LogP contribution < -0.4 is 10.6 Å². The van der Waals surface area contributed by atoms with Crippen LogP contribution in [0.15, 0.2) is 4.99 Å². The second-order valence-corrected chi connectivity index (χ2v) is 5.73. The molecule has 0 rings (SSSR count). The van der Waals surface area contributed by atoms with Gasteiger partial charge < -0.3 is 20.5 Å². The number of hydrogen-bond donors (Lipinski definition) is 3. The van der Waals surface area contributed by atoms with Crippen LogP contribution in [0.4, 0.5) is 0 Å². The lowest BCUT2D eigenvalue weighted by atomic mass is 9.94. The van der Waals surface area contributed by atoms with Crippen molar-refractivity contribution in [3.05, 3.63) is 0 Å². The predicted molar refractivity (Wildman–Crippen MR) is 85.1 cm³/mol. The van der Waals surface area contributed by atoms with E-state index in [9.17, 15) is 0 Å². The number of methoxy groups -OCH3 is 1. The van der Waals surface area contributed by atoms with Crippen molar-refractivity contribution >= 4 is 5.96 Å². The number of aliphatic hydroxyl groups is 1. The summed E-state index contributed by atoms with van der Waals surface area (Å²) in [6.07, 6.45) is 1.91. The van der Waals surface area contributed by atoms with E-state index in [1.807, 2.05) is 0 Å². The number of guanidine groups is 1. The highest BCUT2D eigenvalue weighted by Crippen LogP contribution is 2.15. The van der Waals surface area contributed by atoms with Crippen LogP contribution in [0.25, 0.3) is 0 Å². The fourth-order valence-electron chi connectivity index (χ4n) is 2.20. The van der Waals surface area contributed by atoms with Crippen molar-refractivity contribution in [1.82, 2.24) is 10.6 Å². The van der Waals surface area contributed by atoms with Crippen molar-refractivity contribution in [1.29, 1.82) is 0 Å². The lowest BCUT2D eigenvalue weighted by Gasteiger charge is -2.19. The fourth-order valence-corrected chi connectivity index (χ4v) is 2.20. The number of rotatable bonds is 10. The maximum Gasteiger partial charge on any atom is 0.191 e. The van der Waals surface area contributed by atoms with Crippen LogP contribution in [0.3, 0.4) is 0 Å². The van der Waals surface area contributed by atoms with Gasteiger partial charge in [-0.1, -0.05) is 13.8 Å². The van der Waals surface area contributed by atoms with Crippen molar-refractivity contribution in [2.75, 3.05) is 33.4 Å². The molecule has 2 atom stereocenters. The molecule has 0 saturated heterocycles. The van der Waals surface area contributed by atoms with Gasteiger partial charge >= 0.3 is 0 Å². The third-order valence-corrected chi connectivity index (χ3v) is 2.99. The van der Waals surface area contributed by atoms with E-state index in [2.05, 4.69) is 43.3 Å². The van der Waals surface area contributed by atoms with Gasteiger partial charge in [-0.3, -0.25) is 4.99 Å². The van der Waals surface area contributed by atoms with Gasteiger partial charge in [0, 0.05) is 32.8 Å². The minimum absolute atomic E-state index is 0.221. The minimum atomic E-state index is 0.221. The molecule has 5 heteroatoms. The first-order valence-electron chi connectivity index (χ1n) is 7.68. The van der Waals surface area contributed by atoms with Crippen molar-refractivity contribution < 1.29 is 9.84 Å². The third kappa shape index (κ3) is 10.0. The smallest absolute Gasteiger partial charge is 0.191 e. The molecular weight excluding hydrogens is 254 g/mol. The second-order valence-electron chi connectivity index (χ2n) is 5.73. The molecule has 3 N–H and O–H groups in total. The molecule has 20 heavy (non-hydrogen) atoms. The number of aliphatic imine (C=N–C) groups is 1. The molecule has 0 saturated carbocycles. The largest absolute Gasteiger partial charge is 0.396 e. The van der Waals surface area contributed by atoms with E-state index < -0.39 is 0 Å².